The first-order chi connectivity index (χ1) is 5.59. The van der Waals surface area contributed by atoms with E-state index in [1.165, 1.54) is 4.90 Å². The molecule has 1 rings (SSSR count). The summed E-state index contributed by atoms with van der Waals surface area (Å²) < 4.78 is 0. The van der Waals surface area contributed by atoms with Gasteiger partial charge >= 0.3 is 6.03 Å². The topological polar surface area (TPSA) is 49.4 Å². The van der Waals surface area contributed by atoms with Gasteiger partial charge in [-0.2, -0.15) is 0 Å². The largest absolute Gasteiger partial charge is 0.334 e. The molecule has 0 radical (unpaired) electrons. The molecule has 12 heavy (non-hydrogen) atoms. The molecule has 5 heteroatoms. The molecule has 0 bridgehead atoms. The zero-order valence-corrected chi connectivity index (χ0v) is 7.39. The second-order valence-electron chi connectivity index (χ2n) is 2.62. The number of hydrogen-bond donors (Lipinski definition) is 1. The van der Waals surface area contributed by atoms with Crippen molar-refractivity contribution in [3.63, 3.8) is 0 Å². The van der Waals surface area contributed by atoms with Gasteiger partial charge < -0.3 is 5.32 Å². The van der Waals surface area contributed by atoms with E-state index in [4.69, 9.17) is 11.6 Å². The van der Waals surface area contributed by atoms with Crippen molar-refractivity contribution in [1.82, 2.24) is 10.2 Å². The van der Waals surface area contributed by atoms with Crippen LogP contribution in [-0.4, -0.2) is 29.3 Å². The molecule has 1 aliphatic rings. The lowest BCUT2D eigenvalue weighted by molar-refractivity contribution is -0.111. The van der Waals surface area contributed by atoms with Crippen LogP contribution in [0.5, 0.6) is 0 Å². The maximum atomic E-state index is 11.0. The zero-order valence-electron chi connectivity index (χ0n) is 6.63. The molecule has 0 saturated heterocycles. The molecule has 0 aliphatic carbocycles. The lowest BCUT2D eigenvalue weighted by atomic mass is 10.3. The van der Waals surface area contributed by atoms with Crippen LogP contribution in [0.4, 0.5) is 4.79 Å². The number of amides is 2. The van der Waals surface area contributed by atoms with Crippen LogP contribution in [0.25, 0.3) is 0 Å². The van der Waals surface area contributed by atoms with Crippen molar-refractivity contribution in [3.8, 4) is 0 Å². The predicted molar refractivity (Wildman–Crippen MR) is 44.7 cm³/mol. The van der Waals surface area contributed by atoms with E-state index in [-0.39, 0.29) is 12.6 Å². The molecule has 0 spiro atoms. The monoisotopic (exact) mass is 188 g/mol. The number of urea groups is 1. The summed E-state index contributed by atoms with van der Waals surface area (Å²) in [7, 11) is 0. The minimum Gasteiger partial charge on any atom is -0.334 e. The van der Waals surface area contributed by atoms with Crippen molar-refractivity contribution in [1.29, 1.82) is 0 Å². The van der Waals surface area contributed by atoms with Gasteiger partial charge in [0.25, 0.3) is 0 Å². The molecule has 1 aliphatic heterocycles. The second kappa shape index (κ2) is 3.58. The molecular weight excluding hydrogens is 180 g/mol. The molecule has 1 heterocycles. The van der Waals surface area contributed by atoms with E-state index in [1.54, 1.807) is 6.20 Å². The lowest BCUT2D eigenvalue weighted by Crippen LogP contribution is -2.43. The third-order valence-electron chi connectivity index (χ3n) is 1.45. The van der Waals surface area contributed by atoms with Gasteiger partial charge in [-0.05, 0) is 24.1 Å². The highest BCUT2D eigenvalue weighted by atomic mass is 35.5. The first-order valence-electron chi connectivity index (χ1n) is 3.49. The average Bonchev–Trinajstić information content (AvgIpc) is 1.96. The molecule has 2 amide bonds. The number of carbonyl (C=O) groups is 2. The Morgan fingerprint density at radius 2 is 2.50 bits per heavy atom. The summed E-state index contributed by atoms with van der Waals surface area (Å²) in [6.07, 6.45) is 1.62. The maximum Gasteiger partial charge on any atom is 0.322 e. The van der Waals surface area contributed by atoms with Crippen LogP contribution < -0.4 is 5.32 Å². The Morgan fingerprint density at radius 1 is 1.83 bits per heavy atom. The molecular formula is C7H9ClN2O2. The predicted octanol–water partition coefficient (Wildman–Crippen LogP) is 0.681. The first kappa shape index (κ1) is 9.06. The fourth-order valence-corrected chi connectivity index (χ4v) is 1.07. The van der Waals surface area contributed by atoms with Crippen LogP contribution in [0, 0.1) is 0 Å². The Kier molecular flexibility index (Phi) is 2.70. The van der Waals surface area contributed by atoms with Crippen LogP contribution >= 0.6 is 11.6 Å². The van der Waals surface area contributed by atoms with Crippen LogP contribution in [0.2, 0.25) is 0 Å². The number of nitrogens with one attached hydrogen (secondary N) is 1. The van der Waals surface area contributed by atoms with E-state index in [1.807, 2.05) is 6.92 Å². The van der Waals surface area contributed by atoms with E-state index in [9.17, 15) is 9.59 Å². The van der Waals surface area contributed by atoms with Gasteiger partial charge in [0, 0.05) is 12.7 Å². The van der Waals surface area contributed by atoms with Gasteiger partial charge in [0.2, 0.25) is 5.24 Å². The van der Waals surface area contributed by atoms with Crippen molar-refractivity contribution in [3.05, 3.63) is 11.8 Å². The quantitative estimate of drug-likeness (QED) is 0.648. The maximum absolute atomic E-state index is 11.0. The first-order valence-corrected chi connectivity index (χ1v) is 3.87. The Morgan fingerprint density at radius 3 is 3.08 bits per heavy atom. The summed E-state index contributed by atoms with van der Waals surface area (Å²) in [6, 6.07) is -0.283. The van der Waals surface area contributed by atoms with Crippen LogP contribution in [0.1, 0.15) is 6.92 Å². The van der Waals surface area contributed by atoms with Crippen molar-refractivity contribution < 1.29 is 9.59 Å². The fourth-order valence-electron chi connectivity index (χ4n) is 0.938. The molecule has 66 valence electrons. The molecule has 1 N–H and O–H groups in total. The standard InChI is InChI=1S/C7H9ClN2O2/c1-5-2-9-7(12)10(3-5)4-6(8)11/h3H,2,4H2,1H3,(H,9,12). The third-order valence-corrected chi connectivity index (χ3v) is 1.57. The van der Waals surface area contributed by atoms with Crippen molar-refractivity contribution >= 4 is 22.9 Å². The van der Waals surface area contributed by atoms with Crippen molar-refractivity contribution in [2.45, 2.75) is 6.92 Å². The van der Waals surface area contributed by atoms with Gasteiger partial charge in [-0.3, -0.25) is 9.69 Å². The van der Waals surface area contributed by atoms with Gasteiger partial charge in [0.15, 0.2) is 0 Å². The second-order valence-corrected chi connectivity index (χ2v) is 3.04. The smallest absolute Gasteiger partial charge is 0.322 e. The van der Waals surface area contributed by atoms with Crippen molar-refractivity contribution in [2.24, 2.45) is 0 Å². The molecule has 4 nitrogen and oxygen atoms in total. The lowest BCUT2D eigenvalue weighted by Gasteiger charge is -2.22. The van der Waals surface area contributed by atoms with Crippen LogP contribution in [0.15, 0.2) is 11.8 Å². The number of carbonyl (C=O) groups excluding carboxylic acids is 2. The highest BCUT2D eigenvalue weighted by Gasteiger charge is 2.17. The van der Waals surface area contributed by atoms with Crippen LogP contribution in [-0.2, 0) is 4.79 Å². The Hall–Kier alpha value is -1.03. The Labute approximate surface area is 75.2 Å². The minimum atomic E-state index is -0.545. The summed E-state index contributed by atoms with van der Waals surface area (Å²) in [4.78, 5) is 22.8. The number of nitrogens with zero attached hydrogens (tertiary/aromatic N) is 1. The Balaban J connectivity index is 2.66. The van der Waals surface area contributed by atoms with Gasteiger partial charge in [-0.1, -0.05) is 0 Å². The van der Waals surface area contributed by atoms with Crippen molar-refractivity contribution in [2.75, 3.05) is 13.1 Å². The zero-order chi connectivity index (χ0) is 9.14. The summed E-state index contributed by atoms with van der Waals surface area (Å²) in [5, 5.41) is 2.05. The van der Waals surface area contributed by atoms with E-state index < -0.39 is 5.24 Å². The van der Waals surface area contributed by atoms with Gasteiger partial charge in [-0.15, -0.1) is 0 Å². The molecule has 0 unspecified atom stereocenters. The Bertz CT molecular complexity index is 250. The summed E-state index contributed by atoms with van der Waals surface area (Å²) in [5.74, 6) is 0. The fraction of sp³-hybridized carbons (Fsp3) is 0.429. The molecule has 0 aromatic rings. The summed E-state index contributed by atoms with van der Waals surface area (Å²) in [5.41, 5.74) is 0.993. The van der Waals surface area contributed by atoms with E-state index in [0.29, 0.717) is 6.54 Å². The van der Waals surface area contributed by atoms with Gasteiger partial charge in [0.1, 0.15) is 6.54 Å². The number of rotatable bonds is 2. The van der Waals surface area contributed by atoms with Gasteiger partial charge in [0.05, 0.1) is 0 Å². The van der Waals surface area contributed by atoms with E-state index in [2.05, 4.69) is 5.32 Å². The summed E-state index contributed by atoms with van der Waals surface area (Å²) in [6.45, 7) is 2.32. The SMILES string of the molecule is CC1=CN(CC(=O)Cl)C(=O)NC1. The number of hydrogen-bond acceptors (Lipinski definition) is 2. The number of halogens is 1. The molecule has 0 saturated carbocycles. The highest BCUT2D eigenvalue weighted by Crippen LogP contribution is 2.04. The molecule has 0 aromatic heterocycles. The molecule has 0 atom stereocenters. The third kappa shape index (κ3) is 2.23. The molecule has 0 aromatic carbocycles. The average molecular weight is 189 g/mol. The normalized spacial score (nSPS) is 17.0. The van der Waals surface area contributed by atoms with Gasteiger partial charge in [-0.25, -0.2) is 4.79 Å². The highest BCUT2D eigenvalue weighted by molar-refractivity contribution is 6.64. The molecule has 0 fully saturated rings. The van der Waals surface area contributed by atoms with Crippen LogP contribution in [0.3, 0.4) is 0 Å². The minimum absolute atomic E-state index is 0.0786. The van der Waals surface area contributed by atoms with E-state index in [0.717, 1.165) is 5.57 Å². The summed E-state index contributed by atoms with van der Waals surface area (Å²) >= 11 is 5.13. The van der Waals surface area contributed by atoms with E-state index >= 15 is 0 Å².